The molecule has 0 saturated heterocycles. The molecule has 55 valence electrons. The van der Waals surface area contributed by atoms with Gasteiger partial charge in [0, 0.05) is 32.7 Å². The summed E-state index contributed by atoms with van der Waals surface area (Å²) in [5, 5.41) is 0. The summed E-state index contributed by atoms with van der Waals surface area (Å²) < 4.78 is 0. The Morgan fingerprint density at radius 1 is 1.20 bits per heavy atom. The van der Waals surface area contributed by atoms with Crippen LogP contribution in [0.1, 0.15) is 32.6 Å². The van der Waals surface area contributed by atoms with Gasteiger partial charge in [0.2, 0.25) is 0 Å². The molecular formula is C8H13OY-. The second-order valence-corrected chi connectivity index (χ2v) is 3.07. The van der Waals surface area contributed by atoms with E-state index in [1.54, 1.807) is 0 Å². The van der Waals surface area contributed by atoms with E-state index < -0.39 is 0 Å². The molecule has 0 aromatic rings. The Labute approximate surface area is 87.8 Å². The molecule has 1 fully saturated rings. The fraction of sp³-hybridized carbons (Fsp3) is 0.875. The molecular weight excluding hydrogens is 201 g/mol. The molecule has 1 nitrogen and oxygen atoms in total. The minimum atomic E-state index is 0. The first-order valence-electron chi connectivity index (χ1n) is 3.70. The Kier molecular flexibility index (Phi) is 5.85. The third-order valence-electron chi connectivity index (χ3n) is 2.18. The van der Waals surface area contributed by atoms with Crippen molar-refractivity contribution in [3.05, 3.63) is 0 Å². The van der Waals surface area contributed by atoms with Crippen molar-refractivity contribution in [3.8, 4) is 0 Å². The van der Waals surface area contributed by atoms with Crippen molar-refractivity contribution >= 4 is 6.29 Å². The van der Waals surface area contributed by atoms with Crippen molar-refractivity contribution in [2.75, 3.05) is 0 Å². The molecule has 0 bridgehead atoms. The Bertz CT molecular complexity index is 95.4. The molecule has 0 spiro atoms. The molecule has 0 amide bonds. The van der Waals surface area contributed by atoms with E-state index in [2.05, 4.69) is 13.2 Å². The molecule has 0 atom stereocenters. The summed E-state index contributed by atoms with van der Waals surface area (Å²) >= 11 is 0. The van der Waals surface area contributed by atoms with E-state index in [9.17, 15) is 4.79 Å². The molecule has 2 heteroatoms. The summed E-state index contributed by atoms with van der Waals surface area (Å²) in [6, 6.07) is 0. The van der Waals surface area contributed by atoms with Gasteiger partial charge in [-0.25, -0.2) is 0 Å². The van der Waals surface area contributed by atoms with Crippen LogP contribution in [-0.4, -0.2) is 6.29 Å². The van der Waals surface area contributed by atoms with Gasteiger partial charge in [-0.15, -0.1) is 5.92 Å². The van der Waals surface area contributed by atoms with Gasteiger partial charge in [-0.05, 0) is 5.92 Å². The van der Waals surface area contributed by atoms with Gasteiger partial charge >= 0.3 is 0 Å². The maximum atomic E-state index is 10.1. The van der Waals surface area contributed by atoms with E-state index in [1.807, 2.05) is 0 Å². The number of rotatable bonds is 1. The summed E-state index contributed by atoms with van der Waals surface area (Å²) in [5.74, 6) is 1.11. The van der Waals surface area contributed by atoms with E-state index >= 15 is 0 Å². The Morgan fingerprint density at radius 2 is 1.70 bits per heavy atom. The topological polar surface area (TPSA) is 17.1 Å². The van der Waals surface area contributed by atoms with Crippen molar-refractivity contribution in [2.24, 2.45) is 11.8 Å². The van der Waals surface area contributed by atoms with Crippen molar-refractivity contribution in [1.29, 1.82) is 0 Å². The Morgan fingerprint density at radius 3 is 2.10 bits per heavy atom. The number of hydrogen-bond donors (Lipinski definition) is 0. The number of carbonyl (C=O) groups excluding carboxylic acids is 1. The minimum absolute atomic E-state index is 0. The van der Waals surface area contributed by atoms with Gasteiger partial charge in [-0.1, -0.05) is 32.6 Å². The zero-order valence-corrected chi connectivity index (χ0v) is 9.31. The van der Waals surface area contributed by atoms with Crippen molar-refractivity contribution in [3.63, 3.8) is 0 Å². The molecule has 1 radical (unpaired) electrons. The second kappa shape index (κ2) is 5.43. The van der Waals surface area contributed by atoms with Gasteiger partial charge in [0.15, 0.2) is 0 Å². The van der Waals surface area contributed by atoms with Crippen LogP contribution in [-0.2, 0) is 37.5 Å². The zero-order valence-electron chi connectivity index (χ0n) is 6.47. The largest absolute Gasteiger partial charge is 0.542 e. The van der Waals surface area contributed by atoms with Crippen LogP contribution in [0.3, 0.4) is 0 Å². The number of hydrogen-bond acceptors (Lipinski definition) is 1. The molecule has 0 N–H and O–H groups in total. The molecule has 0 aromatic heterocycles. The summed E-state index contributed by atoms with van der Waals surface area (Å²) in [7, 11) is 0. The fourth-order valence-corrected chi connectivity index (χ4v) is 1.38. The van der Waals surface area contributed by atoms with Gasteiger partial charge in [-0.2, -0.15) is 0 Å². The van der Waals surface area contributed by atoms with E-state index in [1.165, 1.54) is 12.8 Å². The van der Waals surface area contributed by atoms with Crippen molar-refractivity contribution in [1.82, 2.24) is 0 Å². The van der Waals surface area contributed by atoms with Crippen molar-refractivity contribution in [2.45, 2.75) is 32.6 Å². The average Bonchev–Trinajstić information content (AvgIpc) is 1.90. The SMILES string of the molecule is CC1CCC([C-]=O)CC1.[Y]. The smallest absolute Gasteiger partial charge is 0 e. The second-order valence-electron chi connectivity index (χ2n) is 3.07. The monoisotopic (exact) mass is 214 g/mol. The van der Waals surface area contributed by atoms with Gasteiger partial charge < -0.3 is 4.79 Å². The molecule has 0 heterocycles. The summed E-state index contributed by atoms with van der Waals surface area (Å²) in [4.78, 5) is 10.1. The normalized spacial score (nSPS) is 32.5. The molecule has 1 rings (SSSR count). The maximum absolute atomic E-state index is 10.1. The van der Waals surface area contributed by atoms with Crippen LogP contribution in [0, 0.1) is 11.8 Å². The Hall–Kier alpha value is 0.774. The van der Waals surface area contributed by atoms with Crippen LogP contribution < -0.4 is 0 Å². The molecule has 1 aliphatic carbocycles. The van der Waals surface area contributed by atoms with E-state index in [0.717, 1.165) is 18.8 Å². The predicted octanol–water partition coefficient (Wildman–Crippen LogP) is 1.92. The third-order valence-corrected chi connectivity index (χ3v) is 2.18. The predicted molar refractivity (Wildman–Crippen MR) is 36.8 cm³/mol. The third kappa shape index (κ3) is 3.25. The quantitative estimate of drug-likeness (QED) is 0.609. The first kappa shape index (κ1) is 10.8. The fourth-order valence-electron chi connectivity index (χ4n) is 1.38. The molecule has 1 aliphatic rings. The molecule has 10 heavy (non-hydrogen) atoms. The van der Waals surface area contributed by atoms with Gasteiger partial charge in [0.25, 0.3) is 0 Å². The molecule has 0 aliphatic heterocycles. The zero-order chi connectivity index (χ0) is 6.69. The minimum Gasteiger partial charge on any atom is -0.542 e. The standard InChI is InChI=1S/C8H13O.Y/c1-7-2-4-8(6-9)5-3-7;/h7-8H,2-5H2,1H3;/q-1;. The first-order chi connectivity index (χ1) is 4.33. The summed E-state index contributed by atoms with van der Waals surface area (Å²) in [6.07, 6.45) is 6.67. The maximum Gasteiger partial charge on any atom is 0 e. The first-order valence-corrected chi connectivity index (χ1v) is 3.70. The average molecular weight is 214 g/mol. The van der Waals surface area contributed by atoms with Crippen LogP contribution >= 0.6 is 0 Å². The van der Waals surface area contributed by atoms with Crippen LogP contribution in [0.4, 0.5) is 0 Å². The van der Waals surface area contributed by atoms with Gasteiger partial charge in [-0.3, -0.25) is 6.29 Å². The van der Waals surface area contributed by atoms with Gasteiger partial charge in [0.05, 0.1) is 0 Å². The summed E-state index contributed by atoms with van der Waals surface area (Å²) in [6.45, 7) is 2.25. The van der Waals surface area contributed by atoms with Crippen molar-refractivity contribution < 1.29 is 37.5 Å². The summed E-state index contributed by atoms with van der Waals surface area (Å²) in [5.41, 5.74) is 0. The van der Waals surface area contributed by atoms with Crippen LogP contribution in [0.5, 0.6) is 0 Å². The van der Waals surface area contributed by atoms with E-state index in [4.69, 9.17) is 0 Å². The van der Waals surface area contributed by atoms with Gasteiger partial charge in [0.1, 0.15) is 0 Å². The van der Waals surface area contributed by atoms with Crippen LogP contribution in [0.2, 0.25) is 0 Å². The molecule has 1 saturated carbocycles. The molecule has 0 aromatic carbocycles. The Balaban J connectivity index is 0.000000810. The van der Waals surface area contributed by atoms with Crippen LogP contribution in [0.15, 0.2) is 0 Å². The van der Waals surface area contributed by atoms with E-state index in [-0.39, 0.29) is 38.6 Å². The van der Waals surface area contributed by atoms with E-state index in [0.29, 0.717) is 0 Å². The van der Waals surface area contributed by atoms with Crippen LogP contribution in [0.25, 0.3) is 0 Å². The molecule has 0 unspecified atom stereocenters.